The fourth-order valence-electron chi connectivity index (χ4n) is 1.93. The van der Waals surface area contributed by atoms with Crippen LogP contribution in [0.1, 0.15) is 5.56 Å². The zero-order chi connectivity index (χ0) is 14.5. The second-order valence-electron chi connectivity index (χ2n) is 4.41. The van der Waals surface area contributed by atoms with Gasteiger partial charge in [-0.25, -0.2) is 14.0 Å². The molecule has 0 aromatic heterocycles. The number of aliphatic carboxylic acids is 1. The predicted molar refractivity (Wildman–Crippen MR) is 67.6 cm³/mol. The van der Waals surface area contributed by atoms with Crippen LogP contribution in [0, 0.1) is 5.82 Å². The van der Waals surface area contributed by atoms with E-state index in [1.807, 2.05) is 0 Å². The lowest BCUT2D eigenvalue weighted by atomic mass is 10.2. The van der Waals surface area contributed by atoms with Crippen molar-refractivity contribution >= 4 is 12.0 Å². The number of carboxylic acid groups (broad SMARTS) is 1. The molecule has 2 rings (SSSR count). The number of halogens is 1. The van der Waals surface area contributed by atoms with E-state index in [0.717, 1.165) is 5.56 Å². The summed E-state index contributed by atoms with van der Waals surface area (Å²) in [6.45, 7) is 0.738. The number of hydrogen-bond donors (Lipinski definition) is 2. The van der Waals surface area contributed by atoms with Crippen molar-refractivity contribution in [3.63, 3.8) is 0 Å². The van der Waals surface area contributed by atoms with Crippen LogP contribution in [0.5, 0.6) is 0 Å². The van der Waals surface area contributed by atoms with Gasteiger partial charge in [0.15, 0.2) is 6.04 Å². The van der Waals surface area contributed by atoms with E-state index in [0.29, 0.717) is 6.61 Å². The molecule has 0 bridgehead atoms. The van der Waals surface area contributed by atoms with Gasteiger partial charge < -0.3 is 20.1 Å². The Hall–Kier alpha value is -2.15. The van der Waals surface area contributed by atoms with Crippen molar-refractivity contribution in [2.45, 2.75) is 12.6 Å². The number of benzene rings is 1. The fourth-order valence-corrected chi connectivity index (χ4v) is 1.93. The van der Waals surface area contributed by atoms with Gasteiger partial charge in [-0.3, -0.25) is 0 Å². The minimum Gasteiger partial charge on any atom is -0.480 e. The zero-order valence-electron chi connectivity index (χ0n) is 10.7. The number of nitrogens with zero attached hydrogens (tertiary/aromatic N) is 1. The summed E-state index contributed by atoms with van der Waals surface area (Å²) >= 11 is 0. The highest BCUT2D eigenvalue weighted by Gasteiger charge is 2.32. The van der Waals surface area contributed by atoms with E-state index >= 15 is 0 Å². The molecule has 0 spiro atoms. The van der Waals surface area contributed by atoms with E-state index in [1.54, 1.807) is 12.1 Å². The van der Waals surface area contributed by atoms with E-state index in [4.69, 9.17) is 9.84 Å². The maximum absolute atomic E-state index is 12.7. The monoisotopic (exact) mass is 282 g/mol. The molecule has 0 aliphatic carbocycles. The molecule has 1 saturated heterocycles. The molecule has 1 aliphatic rings. The molecule has 1 aromatic carbocycles. The first-order valence-corrected chi connectivity index (χ1v) is 6.17. The molecule has 20 heavy (non-hydrogen) atoms. The van der Waals surface area contributed by atoms with Crippen LogP contribution in [0.2, 0.25) is 0 Å². The maximum atomic E-state index is 12.7. The maximum Gasteiger partial charge on any atom is 0.328 e. The summed E-state index contributed by atoms with van der Waals surface area (Å²) in [6.07, 6.45) is 0. The molecule has 0 radical (unpaired) electrons. The summed E-state index contributed by atoms with van der Waals surface area (Å²) in [5.41, 5.74) is 0.736. The molecular weight excluding hydrogens is 267 g/mol. The predicted octanol–water partition coefficient (Wildman–Crippen LogP) is 0.821. The van der Waals surface area contributed by atoms with Crippen LogP contribution in [0.3, 0.4) is 0 Å². The second-order valence-corrected chi connectivity index (χ2v) is 4.41. The van der Waals surface area contributed by atoms with Crippen LogP contribution in [0.4, 0.5) is 9.18 Å². The first kappa shape index (κ1) is 14.3. The number of ether oxygens (including phenoxy) is 1. The van der Waals surface area contributed by atoms with Crippen molar-refractivity contribution < 1.29 is 23.8 Å². The summed E-state index contributed by atoms with van der Waals surface area (Å²) in [5.74, 6) is -1.44. The second kappa shape index (κ2) is 6.33. The van der Waals surface area contributed by atoms with E-state index in [-0.39, 0.29) is 25.5 Å². The molecule has 6 nitrogen and oxygen atoms in total. The lowest BCUT2D eigenvalue weighted by molar-refractivity contribution is -0.147. The molecule has 1 aromatic rings. The number of morpholine rings is 1. The summed E-state index contributed by atoms with van der Waals surface area (Å²) in [6, 6.07) is 4.28. The number of hydrogen-bond acceptors (Lipinski definition) is 3. The van der Waals surface area contributed by atoms with Gasteiger partial charge in [0.05, 0.1) is 13.2 Å². The number of rotatable bonds is 3. The van der Waals surface area contributed by atoms with Crippen molar-refractivity contribution in [2.75, 3.05) is 19.8 Å². The van der Waals surface area contributed by atoms with Crippen LogP contribution in [0.25, 0.3) is 0 Å². The Balaban J connectivity index is 1.93. The number of carbonyl (C=O) groups is 2. The van der Waals surface area contributed by atoms with Crippen molar-refractivity contribution in [3.8, 4) is 0 Å². The molecule has 2 N–H and O–H groups in total. The number of carbonyl (C=O) groups excluding carboxylic acids is 1. The average molecular weight is 282 g/mol. The van der Waals surface area contributed by atoms with Gasteiger partial charge in [-0.15, -0.1) is 0 Å². The summed E-state index contributed by atoms with van der Waals surface area (Å²) in [7, 11) is 0. The molecule has 7 heteroatoms. The number of nitrogens with one attached hydrogen (secondary N) is 1. The van der Waals surface area contributed by atoms with Gasteiger partial charge in [0.25, 0.3) is 0 Å². The number of amides is 2. The molecule has 1 atom stereocenters. The highest BCUT2D eigenvalue weighted by molar-refractivity contribution is 5.83. The summed E-state index contributed by atoms with van der Waals surface area (Å²) in [5, 5.41) is 11.6. The van der Waals surface area contributed by atoms with Crippen molar-refractivity contribution in [2.24, 2.45) is 0 Å². The van der Waals surface area contributed by atoms with Gasteiger partial charge in [0.1, 0.15) is 5.82 Å². The quantitative estimate of drug-likeness (QED) is 0.860. The van der Waals surface area contributed by atoms with Crippen molar-refractivity contribution in [1.29, 1.82) is 0 Å². The van der Waals surface area contributed by atoms with Gasteiger partial charge in [-0.1, -0.05) is 12.1 Å². The van der Waals surface area contributed by atoms with Gasteiger partial charge in [-0.2, -0.15) is 0 Å². The molecule has 1 heterocycles. The molecule has 2 amide bonds. The van der Waals surface area contributed by atoms with Gasteiger partial charge in [0, 0.05) is 13.1 Å². The molecule has 1 aliphatic heterocycles. The largest absolute Gasteiger partial charge is 0.480 e. The Morgan fingerprint density at radius 3 is 2.75 bits per heavy atom. The first-order valence-electron chi connectivity index (χ1n) is 6.17. The molecule has 1 unspecified atom stereocenters. The zero-order valence-corrected chi connectivity index (χ0v) is 10.7. The van der Waals surface area contributed by atoms with Crippen LogP contribution < -0.4 is 5.32 Å². The third-order valence-corrected chi connectivity index (χ3v) is 3.03. The molecule has 0 saturated carbocycles. The summed E-state index contributed by atoms with van der Waals surface area (Å²) < 4.78 is 17.8. The first-order chi connectivity index (χ1) is 9.58. The van der Waals surface area contributed by atoms with Gasteiger partial charge in [0.2, 0.25) is 0 Å². The standard InChI is InChI=1S/C13H15FN2O4/c14-10-3-1-9(2-4-10)7-15-13(19)16-5-6-20-8-11(16)12(17)18/h1-4,11H,5-8H2,(H,15,19)(H,17,18). The van der Waals surface area contributed by atoms with E-state index in [9.17, 15) is 14.0 Å². The Morgan fingerprint density at radius 2 is 2.10 bits per heavy atom. The Labute approximate surface area is 115 Å². The molecular formula is C13H15FN2O4. The Morgan fingerprint density at radius 1 is 1.40 bits per heavy atom. The minimum atomic E-state index is -1.10. The van der Waals surface area contributed by atoms with Crippen LogP contribution in [0.15, 0.2) is 24.3 Å². The lowest BCUT2D eigenvalue weighted by Crippen LogP contribution is -2.55. The topological polar surface area (TPSA) is 78.9 Å². The average Bonchev–Trinajstić information content (AvgIpc) is 2.46. The number of carboxylic acids is 1. The third-order valence-electron chi connectivity index (χ3n) is 3.03. The van der Waals surface area contributed by atoms with E-state index in [1.165, 1.54) is 17.0 Å². The van der Waals surface area contributed by atoms with E-state index < -0.39 is 18.0 Å². The Kier molecular flexibility index (Phi) is 4.52. The Bertz CT molecular complexity index is 492. The third kappa shape index (κ3) is 3.45. The highest BCUT2D eigenvalue weighted by atomic mass is 19.1. The van der Waals surface area contributed by atoms with Crippen LogP contribution in [-0.2, 0) is 16.1 Å². The van der Waals surface area contributed by atoms with Gasteiger partial charge in [-0.05, 0) is 17.7 Å². The van der Waals surface area contributed by atoms with Crippen molar-refractivity contribution in [1.82, 2.24) is 10.2 Å². The SMILES string of the molecule is O=C(O)C1COCCN1C(=O)NCc1ccc(F)cc1. The highest BCUT2D eigenvalue weighted by Crippen LogP contribution is 2.08. The van der Waals surface area contributed by atoms with E-state index in [2.05, 4.69) is 5.32 Å². The van der Waals surface area contributed by atoms with Crippen molar-refractivity contribution in [3.05, 3.63) is 35.6 Å². The van der Waals surface area contributed by atoms with Crippen LogP contribution in [-0.4, -0.2) is 47.8 Å². The van der Waals surface area contributed by atoms with Crippen LogP contribution >= 0.6 is 0 Å². The molecule has 1 fully saturated rings. The molecule has 108 valence electrons. The normalized spacial score (nSPS) is 18.6. The minimum absolute atomic E-state index is 0.0146. The summed E-state index contributed by atoms with van der Waals surface area (Å²) in [4.78, 5) is 24.2. The van der Waals surface area contributed by atoms with Gasteiger partial charge >= 0.3 is 12.0 Å². The smallest absolute Gasteiger partial charge is 0.328 e. The fraction of sp³-hybridized carbons (Fsp3) is 0.385. The lowest BCUT2D eigenvalue weighted by Gasteiger charge is -2.32. The number of urea groups is 1.